The lowest BCUT2D eigenvalue weighted by Gasteiger charge is -2.28. The summed E-state index contributed by atoms with van der Waals surface area (Å²) in [5.74, 6) is 1.16. The minimum Gasteiger partial charge on any atom is -0.376 e. The van der Waals surface area contributed by atoms with Gasteiger partial charge in [0, 0.05) is 18.0 Å². The highest BCUT2D eigenvalue weighted by Gasteiger charge is 2.23. The predicted octanol–water partition coefficient (Wildman–Crippen LogP) is 2.75. The molecule has 0 unspecified atom stereocenters. The van der Waals surface area contributed by atoms with Crippen molar-refractivity contribution in [3.05, 3.63) is 16.8 Å². The molecule has 19 heavy (non-hydrogen) atoms. The zero-order valence-electron chi connectivity index (χ0n) is 10.9. The third kappa shape index (κ3) is 1.92. The second-order valence-corrected chi connectivity index (χ2v) is 6.32. The Morgan fingerprint density at radius 1 is 1.16 bits per heavy atom. The second-order valence-electron chi connectivity index (χ2n) is 5.23. The SMILES string of the molecule is c1nc(N2CCCCC2)c2c3c(sc2n1)COCC3. The number of ether oxygens (including phenoxy) is 1. The van der Waals surface area contributed by atoms with E-state index in [0.717, 1.165) is 43.4 Å². The molecule has 0 saturated carbocycles. The maximum Gasteiger partial charge on any atom is 0.141 e. The summed E-state index contributed by atoms with van der Waals surface area (Å²) in [5, 5.41) is 1.30. The van der Waals surface area contributed by atoms with Gasteiger partial charge in [-0.05, 0) is 31.2 Å². The molecule has 0 aliphatic carbocycles. The van der Waals surface area contributed by atoms with Crippen LogP contribution in [0.2, 0.25) is 0 Å². The van der Waals surface area contributed by atoms with Gasteiger partial charge in [-0.1, -0.05) is 0 Å². The molecule has 2 aliphatic rings. The first kappa shape index (κ1) is 11.6. The van der Waals surface area contributed by atoms with Crippen LogP contribution in [0.1, 0.15) is 29.7 Å². The van der Waals surface area contributed by atoms with Crippen LogP contribution in [0.25, 0.3) is 10.2 Å². The van der Waals surface area contributed by atoms with E-state index in [-0.39, 0.29) is 0 Å². The molecule has 0 amide bonds. The molecule has 0 atom stereocenters. The van der Waals surface area contributed by atoms with Crippen molar-refractivity contribution in [2.75, 3.05) is 24.6 Å². The van der Waals surface area contributed by atoms with Gasteiger partial charge in [-0.15, -0.1) is 11.3 Å². The summed E-state index contributed by atoms with van der Waals surface area (Å²) in [6, 6.07) is 0. The third-order valence-electron chi connectivity index (χ3n) is 4.04. The van der Waals surface area contributed by atoms with E-state index in [1.54, 1.807) is 17.7 Å². The molecule has 4 rings (SSSR count). The van der Waals surface area contributed by atoms with Crippen LogP contribution in [0.15, 0.2) is 6.33 Å². The van der Waals surface area contributed by atoms with E-state index in [4.69, 9.17) is 4.74 Å². The Labute approximate surface area is 116 Å². The molecule has 1 saturated heterocycles. The first-order valence-corrected chi connectivity index (χ1v) is 7.83. The highest BCUT2D eigenvalue weighted by molar-refractivity contribution is 7.18. The molecule has 0 radical (unpaired) electrons. The first-order chi connectivity index (χ1) is 9.43. The average Bonchev–Trinajstić information content (AvgIpc) is 2.86. The number of hydrogen-bond acceptors (Lipinski definition) is 5. The molecule has 100 valence electrons. The van der Waals surface area contributed by atoms with Crippen molar-refractivity contribution in [2.24, 2.45) is 0 Å². The van der Waals surface area contributed by atoms with Gasteiger partial charge in [0.1, 0.15) is 17.0 Å². The number of hydrogen-bond donors (Lipinski definition) is 0. The maximum absolute atomic E-state index is 5.56. The summed E-state index contributed by atoms with van der Waals surface area (Å²) in [5.41, 5.74) is 1.44. The maximum atomic E-state index is 5.56. The van der Waals surface area contributed by atoms with Crippen LogP contribution in [-0.4, -0.2) is 29.7 Å². The summed E-state index contributed by atoms with van der Waals surface area (Å²) in [6.45, 7) is 3.84. The van der Waals surface area contributed by atoms with Crippen molar-refractivity contribution < 1.29 is 4.74 Å². The van der Waals surface area contributed by atoms with E-state index in [1.165, 1.54) is 35.1 Å². The standard InChI is InChI=1S/C14H17N3OS/c1-2-5-17(6-3-1)13-12-10-4-7-18-8-11(10)19-14(12)16-9-15-13/h9H,1-8H2. The molecule has 2 aliphatic heterocycles. The lowest BCUT2D eigenvalue weighted by atomic mass is 10.1. The van der Waals surface area contributed by atoms with Crippen LogP contribution in [0, 0.1) is 0 Å². The molecule has 0 aromatic carbocycles. The van der Waals surface area contributed by atoms with Crippen molar-refractivity contribution in [3.63, 3.8) is 0 Å². The fourth-order valence-corrected chi connectivity index (χ4v) is 4.20. The Hall–Kier alpha value is -1.20. The summed E-state index contributed by atoms with van der Waals surface area (Å²) >= 11 is 1.78. The van der Waals surface area contributed by atoms with E-state index >= 15 is 0 Å². The molecule has 5 heteroatoms. The van der Waals surface area contributed by atoms with E-state index in [2.05, 4.69) is 14.9 Å². The minimum absolute atomic E-state index is 0.746. The number of thiophene rings is 1. The van der Waals surface area contributed by atoms with Gasteiger partial charge in [0.2, 0.25) is 0 Å². The van der Waals surface area contributed by atoms with Gasteiger partial charge in [-0.25, -0.2) is 9.97 Å². The van der Waals surface area contributed by atoms with E-state index < -0.39 is 0 Å². The molecule has 0 N–H and O–H groups in total. The fourth-order valence-electron chi connectivity index (χ4n) is 3.09. The number of nitrogens with zero attached hydrogens (tertiary/aromatic N) is 3. The van der Waals surface area contributed by atoms with Gasteiger partial charge in [-0.2, -0.15) is 0 Å². The number of aromatic nitrogens is 2. The van der Waals surface area contributed by atoms with Crippen molar-refractivity contribution in [3.8, 4) is 0 Å². The number of fused-ring (bicyclic) bond motifs is 3. The number of rotatable bonds is 1. The monoisotopic (exact) mass is 275 g/mol. The van der Waals surface area contributed by atoms with Crippen LogP contribution in [0.3, 0.4) is 0 Å². The third-order valence-corrected chi connectivity index (χ3v) is 5.15. The Kier molecular flexibility index (Phi) is 2.89. The van der Waals surface area contributed by atoms with Crippen molar-refractivity contribution in [1.82, 2.24) is 9.97 Å². The molecule has 2 aromatic rings. The summed E-state index contributed by atoms with van der Waals surface area (Å²) in [4.78, 5) is 14.0. The normalized spacial score (nSPS) is 19.7. The van der Waals surface area contributed by atoms with Gasteiger partial charge >= 0.3 is 0 Å². The molecule has 4 nitrogen and oxygen atoms in total. The largest absolute Gasteiger partial charge is 0.376 e. The molecule has 0 bridgehead atoms. The van der Waals surface area contributed by atoms with E-state index in [9.17, 15) is 0 Å². The van der Waals surface area contributed by atoms with Gasteiger partial charge < -0.3 is 9.64 Å². The smallest absolute Gasteiger partial charge is 0.141 e. The molecular formula is C14H17N3OS. The number of anilines is 1. The first-order valence-electron chi connectivity index (χ1n) is 7.01. The molecule has 0 spiro atoms. The Bertz CT molecular complexity index is 604. The summed E-state index contributed by atoms with van der Waals surface area (Å²) < 4.78 is 5.56. The average molecular weight is 275 g/mol. The minimum atomic E-state index is 0.746. The van der Waals surface area contributed by atoms with Crippen LogP contribution < -0.4 is 4.90 Å². The van der Waals surface area contributed by atoms with Gasteiger partial charge in [-0.3, -0.25) is 0 Å². The zero-order valence-corrected chi connectivity index (χ0v) is 11.7. The second kappa shape index (κ2) is 4.72. The quantitative estimate of drug-likeness (QED) is 0.802. The van der Waals surface area contributed by atoms with Gasteiger partial charge in [0.25, 0.3) is 0 Å². The highest BCUT2D eigenvalue weighted by atomic mass is 32.1. The van der Waals surface area contributed by atoms with Gasteiger partial charge in [0.05, 0.1) is 18.6 Å². The molecule has 2 aromatic heterocycles. The Balaban J connectivity index is 1.87. The Morgan fingerprint density at radius 2 is 2.05 bits per heavy atom. The highest BCUT2D eigenvalue weighted by Crippen LogP contribution is 2.38. The lowest BCUT2D eigenvalue weighted by molar-refractivity contribution is 0.114. The van der Waals surface area contributed by atoms with Crippen LogP contribution >= 0.6 is 11.3 Å². The molecular weight excluding hydrogens is 258 g/mol. The number of piperidine rings is 1. The van der Waals surface area contributed by atoms with Crippen LogP contribution in [0.5, 0.6) is 0 Å². The molecule has 4 heterocycles. The lowest BCUT2D eigenvalue weighted by Crippen LogP contribution is -2.30. The predicted molar refractivity (Wildman–Crippen MR) is 76.8 cm³/mol. The van der Waals surface area contributed by atoms with Crippen LogP contribution in [0.4, 0.5) is 5.82 Å². The van der Waals surface area contributed by atoms with Gasteiger partial charge in [0.15, 0.2) is 0 Å². The van der Waals surface area contributed by atoms with Crippen molar-refractivity contribution >= 4 is 27.4 Å². The molecule has 1 fully saturated rings. The van der Waals surface area contributed by atoms with Crippen molar-refractivity contribution in [1.29, 1.82) is 0 Å². The Morgan fingerprint density at radius 3 is 2.95 bits per heavy atom. The van der Waals surface area contributed by atoms with E-state index in [0.29, 0.717) is 0 Å². The van der Waals surface area contributed by atoms with Crippen molar-refractivity contribution in [2.45, 2.75) is 32.3 Å². The summed E-state index contributed by atoms with van der Waals surface area (Å²) in [6.07, 6.45) is 6.63. The van der Waals surface area contributed by atoms with Crippen LogP contribution in [-0.2, 0) is 17.8 Å². The van der Waals surface area contributed by atoms with E-state index in [1.807, 2.05) is 0 Å². The zero-order chi connectivity index (χ0) is 12.7. The topological polar surface area (TPSA) is 38.2 Å². The fraction of sp³-hybridized carbons (Fsp3) is 0.571. The summed E-state index contributed by atoms with van der Waals surface area (Å²) in [7, 11) is 0.